The zero-order valence-electron chi connectivity index (χ0n) is 15.8. The molecular formula is C20H23ClFN3O2. The number of carbonyl (C=O) groups excluding carboxylic acids is 1. The molecule has 0 radical (unpaired) electrons. The molecule has 1 aromatic heterocycles. The number of hydrogen-bond acceptors (Lipinski definition) is 4. The Bertz CT molecular complexity index is 899. The zero-order chi connectivity index (χ0) is 20.0. The topological polar surface area (TPSA) is 65.5 Å². The molecule has 1 amide bonds. The molecular weight excluding hydrogens is 369 g/mol. The van der Waals surface area contributed by atoms with E-state index in [1.165, 1.54) is 12.1 Å². The summed E-state index contributed by atoms with van der Waals surface area (Å²) >= 11 is 5.80. The fourth-order valence-electron chi connectivity index (χ4n) is 3.14. The van der Waals surface area contributed by atoms with Crippen LogP contribution in [-0.2, 0) is 5.41 Å². The molecule has 1 aliphatic rings. The van der Waals surface area contributed by atoms with Crippen molar-refractivity contribution in [3.63, 3.8) is 0 Å². The van der Waals surface area contributed by atoms with Gasteiger partial charge in [0.15, 0.2) is 0 Å². The molecule has 144 valence electrons. The predicted molar refractivity (Wildman–Crippen MR) is 104 cm³/mol. The number of hydrogen-bond donors (Lipinski definition) is 2. The number of aliphatic hydroxyl groups excluding tert-OH is 1. The first-order valence-corrected chi connectivity index (χ1v) is 9.09. The Morgan fingerprint density at radius 2 is 2.07 bits per heavy atom. The van der Waals surface area contributed by atoms with Crippen molar-refractivity contribution in [2.24, 2.45) is 0 Å². The molecule has 0 saturated heterocycles. The second-order valence-electron chi connectivity index (χ2n) is 8.13. The first-order valence-electron chi connectivity index (χ1n) is 8.71. The van der Waals surface area contributed by atoms with Gasteiger partial charge in [-0.3, -0.25) is 4.79 Å². The molecule has 2 aromatic rings. The lowest BCUT2D eigenvalue weighted by molar-refractivity contribution is 0.0864. The normalized spacial score (nSPS) is 15.6. The van der Waals surface area contributed by atoms with Gasteiger partial charge in [-0.05, 0) is 44.2 Å². The number of nitrogens with zero attached hydrogens (tertiary/aromatic N) is 2. The molecule has 0 saturated carbocycles. The third-order valence-corrected chi connectivity index (χ3v) is 4.96. The van der Waals surface area contributed by atoms with E-state index in [1.807, 2.05) is 24.8 Å². The highest BCUT2D eigenvalue weighted by Gasteiger charge is 2.38. The van der Waals surface area contributed by atoms with Gasteiger partial charge < -0.3 is 15.3 Å². The number of aromatic nitrogens is 1. The van der Waals surface area contributed by atoms with Crippen LogP contribution in [0.1, 0.15) is 43.9 Å². The minimum Gasteiger partial charge on any atom is -0.394 e. The SMILES string of the molecule is CC(C)(CO)NC(=O)c1ccc2c(n1)C(C)(C)CN2c1ccc(Cl)c(F)c1. The molecule has 0 atom stereocenters. The number of fused-ring (bicyclic) bond motifs is 1. The quantitative estimate of drug-likeness (QED) is 0.831. The fourth-order valence-corrected chi connectivity index (χ4v) is 3.26. The van der Waals surface area contributed by atoms with Crippen molar-refractivity contribution < 1.29 is 14.3 Å². The Kier molecular flexibility index (Phi) is 4.91. The van der Waals surface area contributed by atoms with Crippen LogP contribution in [0.2, 0.25) is 5.02 Å². The molecule has 2 heterocycles. The lowest BCUT2D eigenvalue weighted by Gasteiger charge is -2.23. The minimum absolute atomic E-state index is 0.0778. The summed E-state index contributed by atoms with van der Waals surface area (Å²) in [5.74, 6) is -0.820. The van der Waals surface area contributed by atoms with Gasteiger partial charge in [-0.15, -0.1) is 0 Å². The van der Waals surface area contributed by atoms with E-state index in [0.29, 0.717) is 12.2 Å². The Labute approximate surface area is 163 Å². The van der Waals surface area contributed by atoms with Gasteiger partial charge in [0.25, 0.3) is 5.91 Å². The monoisotopic (exact) mass is 391 g/mol. The molecule has 3 rings (SSSR count). The Balaban J connectivity index is 1.97. The smallest absolute Gasteiger partial charge is 0.270 e. The van der Waals surface area contributed by atoms with Gasteiger partial charge in [0.05, 0.1) is 28.5 Å². The van der Waals surface area contributed by atoms with Crippen molar-refractivity contribution in [2.75, 3.05) is 18.1 Å². The number of carbonyl (C=O) groups is 1. The summed E-state index contributed by atoms with van der Waals surface area (Å²) in [6, 6.07) is 8.16. The molecule has 0 bridgehead atoms. The molecule has 1 aromatic carbocycles. The van der Waals surface area contributed by atoms with Crippen LogP contribution in [0.5, 0.6) is 0 Å². The van der Waals surface area contributed by atoms with E-state index in [-0.39, 0.29) is 28.6 Å². The number of amides is 1. The van der Waals surface area contributed by atoms with Crippen LogP contribution in [0.25, 0.3) is 0 Å². The summed E-state index contributed by atoms with van der Waals surface area (Å²) in [4.78, 5) is 19.1. The van der Waals surface area contributed by atoms with Crippen molar-refractivity contribution in [3.8, 4) is 0 Å². The number of benzene rings is 1. The van der Waals surface area contributed by atoms with E-state index in [1.54, 1.807) is 26.0 Å². The third kappa shape index (κ3) is 3.77. The summed E-state index contributed by atoms with van der Waals surface area (Å²) in [6.45, 7) is 7.96. The van der Waals surface area contributed by atoms with Crippen LogP contribution in [0.3, 0.4) is 0 Å². The molecule has 2 N–H and O–H groups in total. The number of rotatable bonds is 4. The van der Waals surface area contributed by atoms with Crippen LogP contribution in [0, 0.1) is 5.82 Å². The highest BCUT2D eigenvalue weighted by Crippen LogP contribution is 2.43. The molecule has 0 spiro atoms. The van der Waals surface area contributed by atoms with Crippen molar-refractivity contribution >= 4 is 28.9 Å². The van der Waals surface area contributed by atoms with Gasteiger partial charge in [0.2, 0.25) is 0 Å². The number of nitrogens with one attached hydrogen (secondary N) is 1. The highest BCUT2D eigenvalue weighted by atomic mass is 35.5. The van der Waals surface area contributed by atoms with E-state index >= 15 is 0 Å². The summed E-state index contributed by atoms with van der Waals surface area (Å²) in [5.41, 5.74) is 1.51. The molecule has 0 fully saturated rings. The first kappa shape index (κ1) is 19.6. The highest BCUT2D eigenvalue weighted by molar-refractivity contribution is 6.30. The molecule has 5 nitrogen and oxygen atoms in total. The lowest BCUT2D eigenvalue weighted by atomic mass is 9.91. The summed E-state index contributed by atoms with van der Waals surface area (Å²) in [7, 11) is 0. The fraction of sp³-hybridized carbons (Fsp3) is 0.400. The van der Waals surface area contributed by atoms with E-state index < -0.39 is 11.4 Å². The van der Waals surface area contributed by atoms with Gasteiger partial charge in [0, 0.05) is 17.6 Å². The van der Waals surface area contributed by atoms with Crippen LogP contribution in [0.4, 0.5) is 15.8 Å². The second kappa shape index (κ2) is 6.77. The van der Waals surface area contributed by atoms with Crippen LogP contribution in [0.15, 0.2) is 30.3 Å². The van der Waals surface area contributed by atoms with E-state index in [4.69, 9.17) is 11.6 Å². The maximum atomic E-state index is 13.9. The average molecular weight is 392 g/mol. The van der Waals surface area contributed by atoms with Gasteiger partial charge in [0.1, 0.15) is 11.5 Å². The molecule has 7 heteroatoms. The number of halogens is 2. The Hall–Kier alpha value is -2.18. The molecule has 0 aliphatic carbocycles. The Morgan fingerprint density at radius 1 is 1.37 bits per heavy atom. The van der Waals surface area contributed by atoms with Crippen LogP contribution in [-0.4, -0.2) is 34.7 Å². The van der Waals surface area contributed by atoms with E-state index in [9.17, 15) is 14.3 Å². The summed E-state index contributed by atoms with van der Waals surface area (Å²) < 4.78 is 13.9. The van der Waals surface area contributed by atoms with Gasteiger partial charge in [-0.2, -0.15) is 0 Å². The summed E-state index contributed by atoms with van der Waals surface area (Å²) in [6.07, 6.45) is 0. The van der Waals surface area contributed by atoms with Gasteiger partial charge in [-0.25, -0.2) is 9.37 Å². The van der Waals surface area contributed by atoms with Crippen molar-refractivity contribution in [3.05, 3.63) is 52.6 Å². The maximum absolute atomic E-state index is 13.9. The summed E-state index contributed by atoms with van der Waals surface area (Å²) in [5, 5.41) is 12.2. The second-order valence-corrected chi connectivity index (χ2v) is 8.54. The largest absolute Gasteiger partial charge is 0.394 e. The van der Waals surface area contributed by atoms with Crippen LogP contribution < -0.4 is 10.2 Å². The standard InChI is InChI=1S/C20H23ClFN3O2/c1-19(2)10-25(12-5-6-13(21)14(22)9-12)16-8-7-15(23-17(16)19)18(27)24-20(3,4)11-26/h5-9,26H,10-11H2,1-4H3,(H,24,27). The minimum atomic E-state index is -0.736. The van der Waals surface area contributed by atoms with E-state index in [2.05, 4.69) is 10.3 Å². The lowest BCUT2D eigenvalue weighted by Crippen LogP contribution is -2.46. The molecule has 0 unspecified atom stereocenters. The Morgan fingerprint density at radius 3 is 2.70 bits per heavy atom. The first-order chi connectivity index (χ1) is 12.5. The predicted octanol–water partition coefficient (Wildman–Crippen LogP) is 3.80. The number of anilines is 2. The van der Waals surface area contributed by atoms with E-state index in [0.717, 1.165) is 11.4 Å². The zero-order valence-corrected chi connectivity index (χ0v) is 16.6. The van der Waals surface area contributed by atoms with Crippen LogP contribution >= 0.6 is 11.6 Å². The van der Waals surface area contributed by atoms with Crippen molar-refractivity contribution in [1.29, 1.82) is 0 Å². The molecule has 1 aliphatic heterocycles. The van der Waals surface area contributed by atoms with Crippen molar-refractivity contribution in [2.45, 2.75) is 38.6 Å². The average Bonchev–Trinajstić information content (AvgIpc) is 2.88. The molecule has 27 heavy (non-hydrogen) atoms. The third-order valence-electron chi connectivity index (χ3n) is 4.65. The van der Waals surface area contributed by atoms with Gasteiger partial charge in [-0.1, -0.05) is 25.4 Å². The number of aliphatic hydroxyl groups is 1. The number of pyridine rings is 1. The van der Waals surface area contributed by atoms with Gasteiger partial charge >= 0.3 is 0 Å². The maximum Gasteiger partial charge on any atom is 0.270 e. The van der Waals surface area contributed by atoms with Crippen molar-refractivity contribution in [1.82, 2.24) is 10.3 Å².